The molecule has 0 radical (unpaired) electrons. The lowest BCUT2D eigenvalue weighted by atomic mass is 10.1. The van der Waals surface area contributed by atoms with Crippen molar-refractivity contribution in [2.45, 2.75) is 53.6 Å². The molecule has 1 N–H and O–H groups in total. The molecule has 1 atom stereocenters. The maximum absolute atomic E-state index is 12.7. The molecule has 0 unspecified atom stereocenters. The van der Waals surface area contributed by atoms with E-state index in [1.54, 1.807) is 0 Å². The van der Waals surface area contributed by atoms with E-state index in [4.69, 9.17) is 4.74 Å². The van der Waals surface area contributed by atoms with Gasteiger partial charge in [0.25, 0.3) is 5.91 Å². The Morgan fingerprint density at radius 2 is 1.83 bits per heavy atom. The van der Waals surface area contributed by atoms with Crippen molar-refractivity contribution in [2.24, 2.45) is 0 Å². The third-order valence-electron chi connectivity index (χ3n) is 4.25. The average Bonchev–Trinajstić information content (AvgIpc) is 2.56. The van der Waals surface area contributed by atoms with Gasteiger partial charge in [-0.3, -0.25) is 4.79 Å². The molecule has 0 heterocycles. The number of aryl methyl sites for hydroxylation is 4. The maximum atomic E-state index is 12.7. The van der Waals surface area contributed by atoms with Crippen LogP contribution in [0.4, 0.5) is 5.69 Å². The molecule has 2 rings (SSSR count). The normalized spacial score (nSPS) is 11.9. The molecule has 2 aromatic carbocycles. The van der Waals surface area contributed by atoms with Crippen molar-refractivity contribution in [2.75, 3.05) is 5.32 Å². The SMILES string of the molecule is CCc1cccc(C)c1NC(=O)[C@H](CC)Oc1ccc(C)cc1C. The standard InChI is InChI=1S/C21H27NO2/c1-6-17-10-8-9-15(4)20(17)22-21(23)18(7-2)24-19-12-11-14(3)13-16(19)5/h8-13,18H,6-7H2,1-5H3,(H,22,23)/t18-/m0/s1. The molecule has 0 aliphatic rings. The van der Waals surface area contributed by atoms with Crippen LogP contribution in [0.2, 0.25) is 0 Å². The minimum Gasteiger partial charge on any atom is -0.480 e. The summed E-state index contributed by atoms with van der Waals surface area (Å²) in [7, 11) is 0. The van der Waals surface area contributed by atoms with E-state index in [9.17, 15) is 4.79 Å². The summed E-state index contributed by atoms with van der Waals surface area (Å²) >= 11 is 0. The molecular weight excluding hydrogens is 298 g/mol. The quantitative estimate of drug-likeness (QED) is 0.814. The van der Waals surface area contributed by atoms with E-state index in [0.29, 0.717) is 6.42 Å². The van der Waals surface area contributed by atoms with E-state index in [1.165, 1.54) is 5.56 Å². The fourth-order valence-electron chi connectivity index (χ4n) is 2.81. The number of rotatable bonds is 6. The zero-order valence-electron chi connectivity index (χ0n) is 15.3. The van der Waals surface area contributed by atoms with Gasteiger partial charge in [-0.2, -0.15) is 0 Å². The summed E-state index contributed by atoms with van der Waals surface area (Å²) in [6, 6.07) is 12.1. The van der Waals surface area contributed by atoms with E-state index in [2.05, 4.69) is 24.4 Å². The summed E-state index contributed by atoms with van der Waals surface area (Å²) in [6.45, 7) is 10.1. The van der Waals surface area contributed by atoms with Crippen molar-refractivity contribution >= 4 is 11.6 Å². The Morgan fingerprint density at radius 3 is 2.46 bits per heavy atom. The Labute approximate surface area is 145 Å². The number of hydrogen-bond acceptors (Lipinski definition) is 2. The third kappa shape index (κ3) is 4.16. The summed E-state index contributed by atoms with van der Waals surface area (Å²) in [6.07, 6.45) is 0.995. The van der Waals surface area contributed by atoms with E-state index < -0.39 is 6.10 Å². The summed E-state index contributed by atoms with van der Waals surface area (Å²) in [4.78, 5) is 12.7. The van der Waals surface area contributed by atoms with Gasteiger partial charge in [-0.1, -0.05) is 49.7 Å². The average molecular weight is 325 g/mol. The smallest absolute Gasteiger partial charge is 0.265 e. The van der Waals surface area contributed by atoms with E-state index >= 15 is 0 Å². The van der Waals surface area contributed by atoms with E-state index in [-0.39, 0.29) is 5.91 Å². The molecule has 2 aromatic rings. The largest absolute Gasteiger partial charge is 0.480 e. The Morgan fingerprint density at radius 1 is 1.08 bits per heavy atom. The van der Waals surface area contributed by atoms with Gasteiger partial charge in [0.05, 0.1) is 0 Å². The van der Waals surface area contributed by atoms with Crippen LogP contribution in [0.15, 0.2) is 36.4 Å². The van der Waals surface area contributed by atoms with E-state index in [1.807, 2.05) is 52.0 Å². The van der Waals surface area contributed by atoms with Crippen LogP contribution >= 0.6 is 0 Å². The summed E-state index contributed by atoms with van der Waals surface area (Å²) in [5, 5.41) is 3.07. The fraction of sp³-hybridized carbons (Fsp3) is 0.381. The summed E-state index contributed by atoms with van der Waals surface area (Å²) < 4.78 is 5.98. The summed E-state index contributed by atoms with van der Waals surface area (Å²) in [5.74, 6) is 0.671. The van der Waals surface area contributed by atoms with Crippen LogP contribution in [0.5, 0.6) is 5.75 Å². The van der Waals surface area contributed by atoms with Crippen molar-refractivity contribution in [3.05, 3.63) is 58.7 Å². The number of amides is 1. The molecule has 0 aliphatic carbocycles. The van der Waals surface area contributed by atoms with Gasteiger partial charge in [-0.15, -0.1) is 0 Å². The lowest BCUT2D eigenvalue weighted by molar-refractivity contribution is -0.122. The highest BCUT2D eigenvalue weighted by atomic mass is 16.5. The molecule has 0 spiro atoms. The van der Waals surface area contributed by atoms with Crippen LogP contribution in [-0.2, 0) is 11.2 Å². The van der Waals surface area contributed by atoms with Crippen LogP contribution in [-0.4, -0.2) is 12.0 Å². The van der Waals surface area contributed by atoms with Gasteiger partial charge >= 0.3 is 0 Å². The topological polar surface area (TPSA) is 38.3 Å². The summed E-state index contributed by atoms with van der Waals surface area (Å²) in [5.41, 5.74) is 5.36. The molecule has 0 bridgehead atoms. The van der Waals surface area contributed by atoms with Gasteiger partial charge in [0, 0.05) is 5.69 Å². The Bertz CT molecular complexity index is 722. The van der Waals surface area contributed by atoms with Crippen molar-refractivity contribution in [1.82, 2.24) is 0 Å². The fourth-order valence-corrected chi connectivity index (χ4v) is 2.81. The molecule has 0 aromatic heterocycles. The van der Waals surface area contributed by atoms with Crippen molar-refractivity contribution in [1.29, 1.82) is 0 Å². The second-order valence-electron chi connectivity index (χ2n) is 6.24. The first-order chi connectivity index (χ1) is 11.5. The second-order valence-corrected chi connectivity index (χ2v) is 6.24. The zero-order chi connectivity index (χ0) is 17.7. The number of carbonyl (C=O) groups excluding carboxylic acids is 1. The number of anilines is 1. The van der Waals surface area contributed by atoms with Crippen molar-refractivity contribution in [3.8, 4) is 5.75 Å². The Balaban J connectivity index is 2.18. The molecule has 3 heteroatoms. The van der Waals surface area contributed by atoms with Crippen LogP contribution in [0.3, 0.4) is 0 Å². The highest BCUT2D eigenvalue weighted by Crippen LogP contribution is 2.24. The van der Waals surface area contributed by atoms with Gasteiger partial charge in [0.1, 0.15) is 5.75 Å². The zero-order valence-corrected chi connectivity index (χ0v) is 15.3. The first-order valence-corrected chi connectivity index (χ1v) is 8.59. The second kappa shape index (κ2) is 8.00. The predicted octanol–water partition coefficient (Wildman–Crippen LogP) is 4.97. The number of para-hydroxylation sites is 1. The highest BCUT2D eigenvalue weighted by molar-refractivity contribution is 5.95. The van der Waals surface area contributed by atoms with Gasteiger partial charge in [-0.05, 0) is 56.4 Å². The third-order valence-corrected chi connectivity index (χ3v) is 4.25. The molecular formula is C21H27NO2. The lowest BCUT2D eigenvalue weighted by Crippen LogP contribution is -2.33. The lowest BCUT2D eigenvalue weighted by Gasteiger charge is -2.20. The molecule has 0 saturated heterocycles. The minimum atomic E-state index is -0.504. The van der Waals surface area contributed by atoms with Crippen molar-refractivity contribution in [3.63, 3.8) is 0 Å². The van der Waals surface area contributed by atoms with Crippen LogP contribution in [0.25, 0.3) is 0 Å². The van der Waals surface area contributed by atoms with Gasteiger partial charge in [0.15, 0.2) is 6.10 Å². The Kier molecular flexibility index (Phi) is 6.02. The first-order valence-electron chi connectivity index (χ1n) is 8.59. The molecule has 0 fully saturated rings. The molecule has 3 nitrogen and oxygen atoms in total. The molecule has 24 heavy (non-hydrogen) atoms. The van der Waals surface area contributed by atoms with Gasteiger partial charge in [0.2, 0.25) is 0 Å². The first kappa shape index (κ1) is 18.1. The number of ether oxygens (including phenoxy) is 1. The number of hydrogen-bond donors (Lipinski definition) is 1. The number of benzene rings is 2. The van der Waals surface area contributed by atoms with Crippen LogP contribution in [0.1, 0.15) is 42.5 Å². The van der Waals surface area contributed by atoms with Crippen LogP contribution in [0, 0.1) is 20.8 Å². The highest BCUT2D eigenvalue weighted by Gasteiger charge is 2.20. The van der Waals surface area contributed by atoms with Gasteiger partial charge in [-0.25, -0.2) is 0 Å². The molecule has 1 amide bonds. The minimum absolute atomic E-state index is 0.0959. The number of carbonyl (C=O) groups is 1. The Hall–Kier alpha value is -2.29. The monoisotopic (exact) mass is 325 g/mol. The predicted molar refractivity (Wildman–Crippen MR) is 99.8 cm³/mol. The number of nitrogens with one attached hydrogen (secondary N) is 1. The molecule has 128 valence electrons. The maximum Gasteiger partial charge on any atom is 0.265 e. The van der Waals surface area contributed by atoms with E-state index in [0.717, 1.165) is 34.5 Å². The molecule has 0 saturated carbocycles. The van der Waals surface area contributed by atoms with Crippen molar-refractivity contribution < 1.29 is 9.53 Å². The molecule has 0 aliphatic heterocycles. The van der Waals surface area contributed by atoms with Gasteiger partial charge < -0.3 is 10.1 Å². The van der Waals surface area contributed by atoms with Crippen LogP contribution < -0.4 is 10.1 Å².